The highest BCUT2D eigenvalue weighted by Crippen LogP contribution is 2.24. The van der Waals surface area contributed by atoms with Gasteiger partial charge in [-0.1, -0.05) is 12.1 Å². The molecule has 1 aromatic carbocycles. The van der Waals surface area contributed by atoms with Crippen LogP contribution in [-0.2, 0) is 17.6 Å². The summed E-state index contributed by atoms with van der Waals surface area (Å²) in [4.78, 5) is 2.54. The van der Waals surface area contributed by atoms with Gasteiger partial charge in [0.15, 0.2) is 0 Å². The van der Waals surface area contributed by atoms with Crippen LogP contribution in [0.25, 0.3) is 0 Å². The van der Waals surface area contributed by atoms with Crippen LogP contribution >= 0.6 is 0 Å². The standard InChI is InChI=1S/C16H24N2O/c1-13(18-7-9-19-10-8-18)11-14-4-5-16-15(12-14)3-2-6-17-16/h4-5,12-13,17H,2-3,6-11H2,1H3. The summed E-state index contributed by atoms with van der Waals surface area (Å²) in [5.74, 6) is 0. The molecule has 1 unspecified atom stereocenters. The number of hydrogen-bond donors (Lipinski definition) is 1. The Bertz CT molecular complexity index is 427. The number of anilines is 1. The van der Waals surface area contributed by atoms with Crippen LogP contribution < -0.4 is 5.32 Å². The van der Waals surface area contributed by atoms with Crippen molar-refractivity contribution in [1.29, 1.82) is 0 Å². The van der Waals surface area contributed by atoms with Crippen LogP contribution in [0.5, 0.6) is 0 Å². The molecule has 0 aliphatic carbocycles. The first-order valence-corrected chi connectivity index (χ1v) is 7.50. The Hall–Kier alpha value is -1.06. The average molecular weight is 260 g/mol. The van der Waals surface area contributed by atoms with Crippen LogP contribution in [0, 0.1) is 0 Å². The number of nitrogens with zero attached hydrogens (tertiary/aromatic N) is 1. The molecular formula is C16H24N2O. The lowest BCUT2D eigenvalue weighted by molar-refractivity contribution is 0.0203. The third-order valence-electron chi connectivity index (χ3n) is 4.31. The smallest absolute Gasteiger partial charge is 0.0594 e. The molecule has 19 heavy (non-hydrogen) atoms. The van der Waals surface area contributed by atoms with Crippen molar-refractivity contribution >= 4 is 5.69 Å². The number of fused-ring (bicyclic) bond motifs is 1. The van der Waals surface area contributed by atoms with E-state index in [1.165, 1.54) is 29.7 Å². The van der Waals surface area contributed by atoms with Gasteiger partial charge in [0.1, 0.15) is 0 Å². The second-order valence-corrected chi connectivity index (χ2v) is 5.72. The zero-order valence-corrected chi connectivity index (χ0v) is 11.8. The van der Waals surface area contributed by atoms with E-state index in [1.54, 1.807) is 0 Å². The predicted molar refractivity (Wildman–Crippen MR) is 78.8 cm³/mol. The van der Waals surface area contributed by atoms with E-state index in [2.05, 4.69) is 35.3 Å². The maximum absolute atomic E-state index is 5.42. The fourth-order valence-electron chi connectivity index (χ4n) is 3.14. The van der Waals surface area contributed by atoms with Crippen molar-refractivity contribution in [3.63, 3.8) is 0 Å². The summed E-state index contributed by atoms with van der Waals surface area (Å²) in [6.45, 7) is 7.39. The van der Waals surface area contributed by atoms with Crippen molar-refractivity contribution in [3.05, 3.63) is 29.3 Å². The number of benzene rings is 1. The molecule has 0 radical (unpaired) electrons. The third-order valence-corrected chi connectivity index (χ3v) is 4.31. The van der Waals surface area contributed by atoms with E-state index < -0.39 is 0 Å². The molecule has 0 aromatic heterocycles. The molecule has 1 atom stereocenters. The van der Waals surface area contributed by atoms with Crippen LogP contribution in [-0.4, -0.2) is 43.8 Å². The fourth-order valence-corrected chi connectivity index (χ4v) is 3.14. The van der Waals surface area contributed by atoms with Gasteiger partial charge in [-0.2, -0.15) is 0 Å². The predicted octanol–water partition coefficient (Wildman–Crippen LogP) is 2.31. The minimum absolute atomic E-state index is 0.610. The Labute approximate surface area is 115 Å². The van der Waals surface area contributed by atoms with Crippen LogP contribution in [0.4, 0.5) is 5.69 Å². The van der Waals surface area contributed by atoms with E-state index >= 15 is 0 Å². The molecule has 1 fully saturated rings. The number of aryl methyl sites for hydroxylation is 1. The molecule has 3 rings (SSSR count). The molecule has 1 aromatic rings. The molecule has 2 heterocycles. The first kappa shape index (κ1) is 12.9. The van der Waals surface area contributed by atoms with Crippen molar-refractivity contribution < 1.29 is 4.74 Å². The second-order valence-electron chi connectivity index (χ2n) is 5.72. The summed E-state index contributed by atoms with van der Waals surface area (Å²) in [7, 11) is 0. The summed E-state index contributed by atoms with van der Waals surface area (Å²) in [5.41, 5.74) is 4.31. The van der Waals surface area contributed by atoms with Crippen LogP contribution in [0.3, 0.4) is 0 Å². The monoisotopic (exact) mass is 260 g/mol. The molecule has 2 aliphatic rings. The first-order valence-electron chi connectivity index (χ1n) is 7.50. The Morgan fingerprint density at radius 2 is 2.16 bits per heavy atom. The quantitative estimate of drug-likeness (QED) is 0.902. The van der Waals surface area contributed by atoms with Crippen LogP contribution in [0.2, 0.25) is 0 Å². The van der Waals surface area contributed by atoms with Gasteiger partial charge >= 0.3 is 0 Å². The molecule has 104 valence electrons. The second kappa shape index (κ2) is 5.93. The molecule has 0 bridgehead atoms. The van der Waals surface area contributed by atoms with E-state index in [1.807, 2.05) is 0 Å². The normalized spacial score (nSPS) is 21.5. The van der Waals surface area contributed by atoms with Gasteiger partial charge in [-0.3, -0.25) is 4.90 Å². The zero-order valence-electron chi connectivity index (χ0n) is 11.8. The van der Waals surface area contributed by atoms with Gasteiger partial charge in [-0.25, -0.2) is 0 Å². The van der Waals surface area contributed by atoms with E-state index in [-0.39, 0.29) is 0 Å². The number of nitrogens with one attached hydrogen (secondary N) is 1. The summed E-state index contributed by atoms with van der Waals surface area (Å²) < 4.78 is 5.42. The molecule has 2 aliphatic heterocycles. The van der Waals surface area contributed by atoms with Gasteiger partial charge < -0.3 is 10.1 Å². The van der Waals surface area contributed by atoms with E-state index in [9.17, 15) is 0 Å². The molecule has 0 spiro atoms. The van der Waals surface area contributed by atoms with Gasteiger partial charge in [0.2, 0.25) is 0 Å². The minimum atomic E-state index is 0.610. The van der Waals surface area contributed by atoms with Crippen molar-refractivity contribution in [2.75, 3.05) is 38.2 Å². The fraction of sp³-hybridized carbons (Fsp3) is 0.625. The lowest BCUT2D eigenvalue weighted by Gasteiger charge is -2.32. The summed E-state index contributed by atoms with van der Waals surface area (Å²) in [6, 6.07) is 7.56. The van der Waals surface area contributed by atoms with Crippen molar-refractivity contribution in [2.45, 2.75) is 32.2 Å². The number of rotatable bonds is 3. The first-order chi connectivity index (χ1) is 9.33. The Balaban J connectivity index is 1.65. The van der Waals surface area contributed by atoms with Gasteiger partial charge in [0, 0.05) is 31.4 Å². The van der Waals surface area contributed by atoms with Gasteiger partial charge in [0.05, 0.1) is 13.2 Å². The Kier molecular flexibility index (Phi) is 4.04. The van der Waals surface area contributed by atoms with Crippen molar-refractivity contribution in [2.24, 2.45) is 0 Å². The molecule has 3 nitrogen and oxygen atoms in total. The summed E-state index contributed by atoms with van der Waals surface area (Å²) >= 11 is 0. The van der Waals surface area contributed by atoms with Gasteiger partial charge in [0.25, 0.3) is 0 Å². The van der Waals surface area contributed by atoms with Crippen LogP contribution in [0.15, 0.2) is 18.2 Å². The molecular weight excluding hydrogens is 236 g/mol. The van der Waals surface area contributed by atoms with E-state index in [0.29, 0.717) is 6.04 Å². The number of morpholine rings is 1. The maximum atomic E-state index is 5.42. The Morgan fingerprint density at radius 3 is 3.00 bits per heavy atom. The van der Waals surface area contributed by atoms with Gasteiger partial charge in [-0.15, -0.1) is 0 Å². The lowest BCUT2D eigenvalue weighted by atomic mass is 9.97. The number of hydrogen-bond acceptors (Lipinski definition) is 3. The highest BCUT2D eigenvalue weighted by atomic mass is 16.5. The molecule has 1 saturated heterocycles. The highest BCUT2D eigenvalue weighted by Gasteiger charge is 2.18. The molecule has 1 N–H and O–H groups in total. The Morgan fingerprint density at radius 1 is 1.32 bits per heavy atom. The van der Waals surface area contributed by atoms with Crippen LogP contribution in [0.1, 0.15) is 24.5 Å². The van der Waals surface area contributed by atoms with Crippen molar-refractivity contribution in [1.82, 2.24) is 4.90 Å². The average Bonchev–Trinajstić information content (AvgIpc) is 2.48. The topological polar surface area (TPSA) is 24.5 Å². The lowest BCUT2D eigenvalue weighted by Crippen LogP contribution is -2.43. The maximum Gasteiger partial charge on any atom is 0.0594 e. The molecule has 0 amide bonds. The van der Waals surface area contributed by atoms with E-state index in [4.69, 9.17) is 4.74 Å². The summed E-state index contributed by atoms with van der Waals surface area (Å²) in [5, 5.41) is 3.48. The molecule has 0 saturated carbocycles. The number of ether oxygens (including phenoxy) is 1. The summed E-state index contributed by atoms with van der Waals surface area (Å²) in [6.07, 6.45) is 3.63. The van der Waals surface area contributed by atoms with Crippen molar-refractivity contribution in [3.8, 4) is 0 Å². The van der Waals surface area contributed by atoms with E-state index in [0.717, 1.165) is 39.3 Å². The SMILES string of the molecule is CC(Cc1ccc2c(c1)CCCN2)N1CCOCC1. The third kappa shape index (κ3) is 3.10. The largest absolute Gasteiger partial charge is 0.385 e. The molecule has 3 heteroatoms. The zero-order chi connectivity index (χ0) is 13.1. The minimum Gasteiger partial charge on any atom is -0.385 e. The van der Waals surface area contributed by atoms with Gasteiger partial charge in [-0.05, 0) is 43.4 Å². The highest BCUT2D eigenvalue weighted by molar-refractivity contribution is 5.54.